The highest BCUT2D eigenvalue weighted by molar-refractivity contribution is 6.31. The second-order valence-electron chi connectivity index (χ2n) is 7.68. The van der Waals surface area contributed by atoms with Crippen LogP contribution in [0.3, 0.4) is 0 Å². The molecule has 1 aliphatic heterocycles. The van der Waals surface area contributed by atoms with Crippen LogP contribution in [0.15, 0.2) is 88.8 Å². The highest BCUT2D eigenvalue weighted by Gasteiger charge is 2.45. The maximum atomic E-state index is 13.6. The molecule has 170 valence electrons. The molecular formula is C26H19ClN2O5. The Morgan fingerprint density at radius 2 is 2.03 bits per heavy atom. The van der Waals surface area contributed by atoms with Crippen molar-refractivity contribution >= 4 is 39.9 Å². The topological polar surface area (TPSA) is 92.9 Å². The molecule has 1 atom stereocenters. The number of rotatable bonds is 6. The first-order chi connectivity index (χ1) is 16.5. The maximum Gasteiger partial charge on any atom is 0.294 e. The van der Waals surface area contributed by atoms with Crippen molar-refractivity contribution < 1.29 is 23.8 Å². The Morgan fingerprint density at radius 3 is 2.79 bits per heavy atom. The number of ketones is 1. The van der Waals surface area contributed by atoms with E-state index in [2.05, 4.69) is 4.98 Å². The zero-order valence-corrected chi connectivity index (χ0v) is 18.8. The summed E-state index contributed by atoms with van der Waals surface area (Å²) in [6.45, 7) is 2.31. The quantitative estimate of drug-likeness (QED) is 0.362. The molecule has 5 rings (SSSR count). The molecule has 0 fully saturated rings. The van der Waals surface area contributed by atoms with Crippen molar-refractivity contribution in [1.82, 2.24) is 4.98 Å². The fourth-order valence-electron chi connectivity index (χ4n) is 4.11. The maximum absolute atomic E-state index is 13.6. The van der Waals surface area contributed by atoms with Gasteiger partial charge in [-0.15, -0.1) is 0 Å². The van der Waals surface area contributed by atoms with Gasteiger partial charge in [0, 0.05) is 34.6 Å². The summed E-state index contributed by atoms with van der Waals surface area (Å²) >= 11 is 6.06. The zero-order chi connectivity index (χ0) is 23.8. The molecule has 2 aromatic carbocycles. The third-order valence-electron chi connectivity index (χ3n) is 5.56. The van der Waals surface area contributed by atoms with Crippen LogP contribution in [0.5, 0.6) is 5.75 Å². The van der Waals surface area contributed by atoms with Crippen LogP contribution in [0.25, 0.3) is 11.0 Å². The molecule has 1 amide bonds. The van der Waals surface area contributed by atoms with Gasteiger partial charge in [0.05, 0.1) is 18.2 Å². The number of Topliss-reactive ketones (excluding diaryl/α,β-unsaturated/α-hetero) is 1. The Bertz CT molecular complexity index is 1440. The highest BCUT2D eigenvalue weighted by atomic mass is 35.5. The van der Waals surface area contributed by atoms with Gasteiger partial charge in [-0.3, -0.25) is 19.5 Å². The molecule has 2 aromatic heterocycles. The molecule has 0 saturated heterocycles. The van der Waals surface area contributed by atoms with E-state index in [1.807, 2.05) is 6.92 Å². The lowest BCUT2D eigenvalue weighted by Crippen LogP contribution is -2.31. The first kappa shape index (κ1) is 21.7. The number of furan rings is 1. The van der Waals surface area contributed by atoms with Crippen LogP contribution in [0.1, 0.15) is 29.1 Å². The van der Waals surface area contributed by atoms with Gasteiger partial charge in [0.25, 0.3) is 5.91 Å². The van der Waals surface area contributed by atoms with Crippen molar-refractivity contribution in [2.75, 3.05) is 11.5 Å². The summed E-state index contributed by atoms with van der Waals surface area (Å²) in [5, 5.41) is 12.0. The van der Waals surface area contributed by atoms with E-state index in [1.165, 1.54) is 4.90 Å². The first-order valence-corrected chi connectivity index (χ1v) is 11.0. The number of hydrogen-bond acceptors (Lipinski definition) is 6. The summed E-state index contributed by atoms with van der Waals surface area (Å²) in [5.74, 6) is -1.39. The molecule has 0 spiro atoms. The number of carbonyl (C=O) groups excluding carboxylic acids is 2. The second kappa shape index (κ2) is 8.68. The molecular weight excluding hydrogens is 456 g/mol. The molecule has 4 aromatic rings. The van der Waals surface area contributed by atoms with Gasteiger partial charge in [0.2, 0.25) is 5.78 Å². The van der Waals surface area contributed by atoms with Crippen LogP contribution in [0.4, 0.5) is 5.69 Å². The van der Waals surface area contributed by atoms with Gasteiger partial charge in [0.1, 0.15) is 11.3 Å². The fraction of sp³-hybridized carbons (Fsp3) is 0.115. The third-order valence-corrected chi connectivity index (χ3v) is 5.80. The summed E-state index contributed by atoms with van der Waals surface area (Å²) in [4.78, 5) is 32.4. The van der Waals surface area contributed by atoms with E-state index in [-0.39, 0.29) is 11.3 Å². The largest absolute Gasteiger partial charge is 0.503 e. The van der Waals surface area contributed by atoms with Crippen molar-refractivity contribution in [3.05, 3.63) is 101 Å². The molecule has 0 aliphatic carbocycles. The number of pyridine rings is 1. The van der Waals surface area contributed by atoms with E-state index >= 15 is 0 Å². The molecule has 0 radical (unpaired) electrons. The van der Waals surface area contributed by atoms with Gasteiger partial charge in [-0.25, -0.2) is 0 Å². The SMILES string of the molecule is CCOc1cccc(N2C(=O)C(O)=C(C(=O)c3cc4cc(Cl)ccc4o3)C2c2cccnc2)c1. The van der Waals surface area contributed by atoms with Crippen LogP contribution in [0.2, 0.25) is 5.02 Å². The molecule has 0 bridgehead atoms. The second-order valence-corrected chi connectivity index (χ2v) is 8.12. The Hall–Kier alpha value is -4.10. The minimum absolute atomic E-state index is 0.00887. The minimum Gasteiger partial charge on any atom is -0.503 e. The Balaban J connectivity index is 1.63. The number of hydrogen-bond donors (Lipinski definition) is 1. The summed E-state index contributed by atoms with van der Waals surface area (Å²) < 4.78 is 11.3. The predicted molar refractivity (Wildman–Crippen MR) is 127 cm³/mol. The van der Waals surface area contributed by atoms with Gasteiger partial charge in [-0.05, 0) is 55.0 Å². The standard InChI is InChI=1S/C26H19ClN2O5/c1-2-33-19-7-3-6-18(13-19)29-23(15-5-4-10-28-14-15)22(25(31)26(29)32)24(30)21-12-16-11-17(27)8-9-20(16)34-21/h3-14,23,31H,2H2,1H3. The summed E-state index contributed by atoms with van der Waals surface area (Å²) in [5.41, 5.74) is 1.40. The molecule has 7 nitrogen and oxygen atoms in total. The van der Waals surface area contributed by atoms with E-state index in [0.717, 1.165) is 0 Å². The molecule has 34 heavy (non-hydrogen) atoms. The lowest BCUT2D eigenvalue weighted by atomic mass is 9.96. The number of halogens is 1. The van der Waals surface area contributed by atoms with Crippen LogP contribution in [-0.2, 0) is 4.79 Å². The number of fused-ring (bicyclic) bond motifs is 1. The van der Waals surface area contributed by atoms with Crippen LogP contribution >= 0.6 is 11.6 Å². The number of anilines is 1. The van der Waals surface area contributed by atoms with Gasteiger partial charge in [0.15, 0.2) is 11.5 Å². The monoisotopic (exact) mass is 474 g/mol. The van der Waals surface area contributed by atoms with Gasteiger partial charge >= 0.3 is 0 Å². The Labute approximate surface area is 199 Å². The molecule has 1 unspecified atom stereocenters. The van der Waals surface area contributed by atoms with Crippen molar-refractivity contribution in [3.63, 3.8) is 0 Å². The van der Waals surface area contributed by atoms with Gasteiger partial charge in [-0.2, -0.15) is 0 Å². The number of benzene rings is 2. The molecule has 1 N–H and O–H groups in total. The summed E-state index contributed by atoms with van der Waals surface area (Å²) in [7, 11) is 0. The van der Waals surface area contributed by atoms with Crippen molar-refractivity contribution in [2.45, 2.75) is 13.0 Å². The number of carbonyl (C=O) groups is 2. The molecule has 0 saturated carbocycles. The van der Waals surface area contributed by atoms with Crippen LogP contribution in [0, 0.1) is 0 Å². The van der Waals surface area contributed by atoms with E-state index in [1.54, 1.807) is 73.1 Å². The average molecular weight is 475 g/mol. The zero-order valence-electron chi connectivity index (χ0n) is 18.1. The fourth-order valence-corrected chi connectivity index (χ4v) is 4.29. The molecule has 8 heteroatoms. The Morgan fingerprint density at radius 1 is 1.18 bits per heavy atom. The van der Waals surface area contributed by atoms with Crippen molar-refractivity contribution in [3.8, 4) is 5.75 Å². The summed E-state index contributed by atoms with van der Waals surface area (Å²) in [6, 6.07) is 16.0. The average Bonchev–Trinajstić information content (AvgIpc) is 3.38. The lowest BCUT2D eigenvalue weighted by molar-refractivity contribution is -0.117. The van der Waals surface area contributed by atoms with Crippen molar-refractivity contribution in [1.29, 1.82) is 0 Å². The van der Waals surface area contributed by atoms with E-state index < -0.39 is 23.5 Å². The number of aliphatic hydroxyl groups excluding tert-OH is 1. The van der Waals surface area contributed by atoms with Gasteiger partial charge < -0.3 is 14.3 Å². The number of nitrogens with zero attached hydrogens (tertiary/aromatic N) is 2. The Kier molecular flexibility index (Phi) is 5.55. The van der Waals surface area contributed by atoms with Crippen LogP contribution < -0.4 is 9.64 Å². The highest BCUT2D eigenvalue weighted by Crippen LogP contribution is 2.42. The predicted octanol–water partition coefficient (Wildman–Crippen LogP) is 5.66. The third kappa shape index (κ3) is 3.70. The van der Waals surface area contributed by atoms with Crippen LogP contribution in [-0.4, -0.2) is 28.4 Å². The number of ether oxygens (including phenoxy) is 1. The lowest BCUT2D eigenvalue weighted by Gasteiger charge is -2.26. The number of amides is 1. The van der Waals surface area contributed by atoms with E-state index in [0.29, 0.717) is 39.6 Å². The summed E-state index contributed by atoms with van der Waals surface area (Å²) in [6.07, 6.45) is 3.15. The number of aromatic nitrogens is 1. The van der Waals surface area contributed by atoms with Gasteiger partial charge in [-0.1, -0.05) is 23.7 Å². The number of aliphatic hydroxyl groups is 1. The minimum atomic E-state index is -0.914. The van der Waals surface area contributed by atoms with E-state index in [9.17, 15) is 14.7 Å². The van der Waals surface area contributed by atoms with Crippen molar-refractivity contribution in [2.24, 2.45) is 0 Å². The molecule has 3 heterocycles. The normalized spacial score (nSPS) is 15.9. The first-order valence-electron chi connectivity index (χ1n) is 10.6. The smallest absolute Gasteiger partial charge is 0.294 e. The molecule has 1 aliphatic rings. The van der Waals surface area contributed by atoms with E-state index in [4.69, 9.17) is 20.8 Å².